The Kier molecular flexibility index (Phi) is 6.70. The van der Waals surface area contributed by atoms with Gasteiger partial charge in [0.05, 0.1) is 11.4 Å². The van der Waals surface area contributed by atoms with Crippen LogP contribution in [0.15, 0.2) is 11.0 Å². The van der Waals surface area contributed by atoms with Crippen molar-refractivity contribution in [1.29, 1.82) is 0 Å². The van der Waals surface area contributed by atoms with Crippen LogP contribution in [0.1, 0.15) is 42.0 Å². The number of carbonyl (C=O) groups is 1. The summed E-state index contributed by atoms with van der Waals surface area (Å²) >= 11 is 0. The first kappa shape index (κ1) is 22.2. The van der Waals surface area contributed by atoms with Crippen molar-refractivity contribution in [1.82, 2.24) is 14.1 Å². The van der Waals surface area contributed by atoms with Gasteiger partial charge in [0.2, 0.25) is 15.9 Å². The predicted octanol–water partition coefficient (Wildman–Crippen LogP) is 2.49. The summed E-state index contributed by atoms with van der Waals surface area (Å²) in [7, 11) is -3.54. The molecule has 7 heteroatoms. The lowest BCUT2D eigenvalue weighted by atomic mass is 10.0. The number of benzene rings is 1. The number of hydrogen-bond donors (Lipinski definition) is 0. The number of nitrogens with zero attached hydrogens (tertiary/aromatic N) is 3. The average molecular weight is 422 g/mol. The zero-order valence-electron chi connectivity index (χ0n) is 18.5. The summed E-state index contributed by atoms with van der Waals surface area (Å²) in [6, 6.07) is 2.05. The fraction of sp³-hybridized carbons (Fsp3) is 0.682. The summed E-state index contributed by atoms with van der Waals surface area (Å²) in [6.07, 6.45) is 2.27. The molecule has 0 aliphatic carbocycles. The first-order valence-electron chi connectivity index (χ1n) is 10.7. The summed E-state index contributed by atoms with van der Waals surface area (Å²) in [5, 5.41) is 0. The maximum atomic E-state index is 13.4. The van der Waals surface area contributed by atoms with Crippen molar-refractivity contribution in [2.45, 2.75) is 52.4 Å². The lowest BCUT2D eigenvalue weighted by molar-refractivity contribution is -0.134. The van der Waals surface area contributed by atoms with Gasteiger partial charge >= 0.3 is 0 Å². The largest absolute Gasteiger partial charge is 0.341 e. The van der Waals surface area contributed by atoms with Gasteiger partial charge in [-0.25, -0.2) is 8.42 Å². The monoisotopic (exact) mass is 421 g/mol. The van der Waals surface area contributed by atoms with E-state index in [1.54, 1.807) is 4.31 Å². The molecule has 0 spiro atoms. The van der Waals surface area contributed by atoms with E-state index in [1.165, 1.54) is 6.42 Å². The van der Waals surface area contributed by atoms with Gasteiger partial charge in [0.1, 0.15) is 0 Å². The first-order chi connectivity index (χ1) is 13.6. The van der Waals surface area contributed by atoms with E-state index < -0.39 is 10.0 Å². The van der Waals surface area contributed by atoms with Crippen molar-refractivity contribution >= 4 is 15.9 Å². The summed E-state index contributed by atoms with van der Waals surface area (Å²) in [5.41, 5.74) is 3.69. The number of likely N-dealkylation sites (tertiary alicyclic amines) is 1. The SMILES string of the molecule is Cc1cc(C)c(C)c(S(=O)(=O)N2CCN(CC(=O)N3CCC[C@@H](C)C3)CC2)c1C. The number of amides is 1. The van der Waals surface area contributed by atoms with Crippen molar-refractivity contribution in [3.63, 3.8) is 0 Å². The molecule has 0 N–H and O–H groups in total. The fourth-order valence-corrected chi connectivity index (χ4v) is 6.53. The number of rotatable bonds is 4. The molecule has 6 nitrogen and oxygen atoms in total. The summed E-state index contributed by atoms with van der Waals surface area (Å²) in [6.45, 7) is 14.0. The molecule has 2 aliphatic rings. The predicted molar refractivity (Wildman–Crippen MR) is 116 cm³/mol. The Bertz CT molecular complexity index is 848. The van der Waals surface area contributed by atoms with Crippen molar-refractivity contribution in [3.8, 4) is 0 Å². The third-order valence-electron chi connectivity index (χ3n) is 6.59. The van der Waals surface area contributed by atoms with E-state index in [2.05, 4.69) is 17.9 Å². The second kappa shape index (κ2) is 8.74. The van der Waals surface area contributed by atoms with Crippen LogP contribution in [-0.2, 0) is 14.8 Å². The number of sulfonamides is 1. The van der Waals surface area contributed by atoms with Gasteiger partial charge in [-0.3, -0.25) is 9.69 Å². The molecule has 29 heavy (non-hydrogen) atoms. The number of carbonyl (C=O) groups excluding carboxylic acids is 1. The molecule has 2 fully saturated rings. The van der Waals surface area contributed by atoms with Crippen LogP contribution in [0, 0.1) is 33.6 Å². The van der Waals surface area contributed by atoms with Crippen LogP contribution in [-0.4, -0.2) is 74.2 Å². The zero-order chi connectivity index (χ0) is 21.3. The molecule has 1 aromatic carbocycles. The van der Waals surface area contributed by atoms with Gasteiger partial charge in [0, 0.05) is 39.3 Å². The highest BCUT2D eigenvalue weighted by atomic mass is 32.2. The highest BCUT2D eigenvalue weighted by molar-refractivity contribution is 7.89. The molecule has 2 heterocycles. The minimum absolute atomic E-state index is 0.175. The molecular weight excluding hydrogens is 386 g/mol. The Morgan fingerprint density at radius 1 is 1.00 bits per heavy atom. The minimum Gasteiger partial charge on any atom is -0.341 e. The Balaban J connectivity index is 1.65. The fourth-order valence-electron chi connectivity index (χ4n) is 4.53. The molecule has 1 amide bonds. The van der Waals surface area contributed by atoms with Crippen LogP contribution in [0.3, 0.4) is 0 Å². The summed E-state index contributed by atoms with van der Waals surface area (Å²) in [4.78, 5) is 17.2. The molecule has 2 aliphatic heterocycles. The Hall–Kier alpha value is -1.44. The van der Waals surface area contributed by atoms with Gasteiger partial charge < -0.3 is 4.90 Å². The third-order valence-corrected chi connectivity index (χ3v) is 8.77. The van der Waals surface area contributed by atoms with E-state index in [9.17, 15) is 13.2 Å². The normalized spacial score (nSPS) is 22.1. The van der Waals surface area contributed by atoms with E-state index >= 15 is 0 Å². The maximum Gasteiger partial charge on any atom is 0.243 e. The van der Waals surface area contributed by atoms with E-state index in [-0.39, 0.29) is 5.91 Å². The standard InChI is InChI=1S/C22H35N3O3S/c1-16-7-6-8-24(14-16)21(26)15-23-9-11-25(12-10-23)29(27,28)22-19(4)17(2)13-18(3)20(22)5/h13,16H,6-12,14-15H2,1-5H3/t16-/m1/s1. The molecule has 3 rings (SSSR count). The van der Waals surface area contributed by atoms with Gasteiger partial charge in [-0.05, 0) is 68.7 Å². The van der Waals surface area contributed by atoms with E-state index in [4.69, 9.17) is 0 Å². The Morgan fingerprint density at radius 2 is 1.59 bits per heavy atom. The van der Waals surface area contributed by atoms with Gasteiger partial charge in [0.25, 0.3) is 0 Å². The molecule has 1 aromatic rings. The van der Waals surface area contributed by atoms with Crippen LogP contribution in [0.25, 0.3) is 0 Å². The van der Waals surface area contributed by atoms with Crippen LogP contribution in [0.4, 0.5) is 0 Å². The van der Waals surface area contributed by atoms with E-state index in [1.807, 2.05) is 32.6 Å². The molecule has 0 radical (unpaired) electrons. The van der Waals surface area contributed by atoms with Crippen LogP contribution >= 0.6 is 0 Å². The maximum absolute atomic E-state index is 13.4. The zero-order valence-corrected chi connectivity index (χ0v) is 19.3. The second-order valence-corrected chi connectivity index (χ2v) is 10.7. The van der Waals surface area contributed by atoms with Crippen molar-refractivity contribution in [2.75, 3.05) is 45.8 Å². The average Bonchev–Trinajstić information content (AvgIpc) is 2.67. The van der Waals surface area contributed by atoms with Gasteiger partial charge in [0.15, 0.2) is 0 Å². The third kappa shape index (κ3) is 4.67. The van der Waals surface area contributed by atoms with Gasteiger partial charge in [-0.2, -0.15) is 4.31 Å². The quantitative estimate of drug-likeness (QED) is 0.749. The van der Waals surface area contributed by atoms with Crippen molar-refractivity contribution < 1.29 is 13.2 Å². The van der Waals surface area contributed by atoms with Crippen LogP contribution in [0.2, 0.25) is 0 Å². The molecule has 0 bridgehead atoms. The molecule has 1 atom stereocenters. The highest BCUT2D eigenvalue weighted by Gasteiger charge is 2.32. The Labute approximate surface area is 175 Å². The topological polar surface area (TPSA) is 60.9 Å². The van der Waals surface area contributed by atoms with Gasteiger partial charge in [-0.15, -0.1) is 0 Å². The van der Waals surface area contributed by atoms with Crippen molar-refractivity contribution in [2.24, 2.45) is 5.92 Å². The van der Waals surface area contributed by atoms with Gasteiger partial charge in [-0.1, -0.05) is 13.0 Å². The number of aryl methyl sites for hydroxylation is 2. The molecule has 0 unspecified atom stereocenters. The minimum atomic E-state index is -3.54. The highest BCUT2D eigenvalue weighted by Crippen LogP contribution is 2.29. The van der Waals surface area contributed by atoms with Crippen molar-refractivity contribution in [3.05, 3.63) is 28.3 Å². The summed E-state index contributed by atoms with van der Waals surface area (Å²) in [5.74, 6) is 0.743. The Morgan fingerprint density at radius 3 is 2.14 bits per heavy atom. The van der Waals surface area contributed by atoms with Crippen LogP contribution < -0.4 is 0 Å². The molecule has 162 valence electrons. The molecule has 0 aromatic heterocycles. The first-order valence-corrected chi connectivity index (χ1v) is 12.1. The number of hydrogen-bond acceptors (Lipinski definition) is 4. The number of piperazine rings is 1. The molecule has 0 saturated carbocycles. The lowest BCUT2D eigenvalue weighted by Gasteiger charge is -2.36. The van der Waals surface area contributed by atoms with E-state index in [0.29, 0.717) is 43.5 Å². The molecule has 2 saturated heterocycles. The smallest absolute Gasteiger partial charge is 0.243 e. The number of piperidine rings is 1. The summed E-state index contributed by atoms with van der Waals surface area (Å²) < 4.78 is 28.3. The van der Waals surface area contributed by atoms with Crippen LogP contribution in [0.5, 0.6) is 0 Å². The lowest BCUT2D eigenvalue weighted by Crippen LogP contribution is -2.52. The molecular formula is C22H35N3O3S. The second-order valence-electron chi connectivity index (χ2n) is 8.86. The van der Waals surface area contributed by atoms with E-state index in [0.717, 1.165) is 41.8 Å².